The second-order valence-electron chi connectivity index (χ2n) is 6.57. The molecular formula is C19H20N4O2S. The molecule has 0 bridgehead atoms. The molecule has 134 valence electrons. The number of carbonyl (C=O) groups is 1. The predicted molar refractivity (Wildman–Crippen MR) is 99.7 cm³/mol. The molecule has 0 radical (unpaired) electrons. The summed E-state index contributed by atoms with van der Waals surface area (Å²) in [5.74, 6) is 1.62. The number of anilines is 1. The van der Waals surface area contributed by atoms with Crippen LogP contribution in [0.25, 0.3) is 0 Å². The number of aromatic nitrogens is 1. The van der Waals surface area contributed by atoms with Crippen molar-refractivity contribution < 1.29 is 9.53 Å². The van der Waals surface area contributed by atoms with Gasteiger partial charge in [-0.2, -0.15) is 5.26 Å². The van der Waals surface area contributed by atoms with Crippen LogP contribution in [0.5, 0.6) is 5.75 Å². The number of pyridine rings is 1. The molecule has 0 saturated carbocycles. The van der Waals surface area contributed by atoms with Crippen LogP contribution in [0.15, 0.2) is 29.8 Å². The molecule has 26 heavy (non-hydrogen) atoms. The van der Waals surface area contributed by atoms with Gasteiger partial charge in [0.25, 0.3) is 5.91 Å². The lowest BCUT2D eigenvalue weighted by molar-refractivity contribution is 0.0777. The van der Waals surface area contributed by atoms with Gasteiger partial charge in [-0.05, 0) is 36.4 Å². The fourth-order valence-corrected chi connectivity index (χ4v) is 4.35. The summed E-state index contributed by atoms with van der Waals surface area (Å²) in [6.45, 7) is 3.21. The van der Waals surface area contributed by atoms with E-state index >= 15 is 0 Å². The zero-order chi connectivity index (χ0) is 17.9. The Morgan fingerprint density at radius 2 is 2.15 bits per heavy atom. The van der Waals surface area contributed by atoms with Crippen molar-refractivity contribution in [3.63, 3.8) is 0 Å². The SMILES string of the molecule is N#Cc1ccsc1C(=O)N1CCC(Oc2cccnc2N2CCCC2)C1. The average Bonchev–Trinajstić information content (AvgIpc) is 3.42. The van der Waals surface area contributed by atoms with Crippen LogP contribution in [0, 0.1) is 11.3 Å². The lowest BCUT2D eigenvalue weighted by Gasteiger charge is -2.22. The second-order valence-corrected chi connectivity index (χ2v) is 7.49. The Morgan fingerprint density at radius 3 is 2.96 bits per heavy atom. The van der Waals surface area contributed by atoms with E-state index in [1.807, 2.05) is 12.1 Å². The van der Waals surface area contributed by atoms with Gasteiger partial charge in [-0.15, -0.1) is 11.3 Å². The molecule has 2 saturated heterocycles. The molecule has 0 spiro atoms. The van der Waals surface area contributed by atoms with Crippen molar-refractivity contribution in [2.75, 3.05) is 31.1 Å². The third kappa shape index (κ3) is 3.25. The minimum absolute atomic E-state index is 0.0463. The van der Waals surface area contributed by atoms with Gasteiger partial charge in [-0.1, -0.05) is 0 Å². The average molecular weight is 368 g/mol. The molecular weight excluding hydrogens is 348 g/mol. The van der Waals surface area contributed by atoms with Gasteiger partial charge in [-0.3, -0.25) is 4.79 Å². The molecule has 0 aliphatic carbocycles. The minimum Gasteiger partial charge on any atom is -0.485 e. The third-order valence-electron chi connectivity index (χ3n) is 4.86. The number of amides is 1. The van der Waals surface area contributed by atoms with Crippen LogP contribution >= 0.6 is 11.3 Å². The van der Waals surface area contributed by atoms with Gasteiger partial charge in [0.15, 0.2) is 11.6 Å². The first-order chi connectivity index (χ1) is 12.8. The summed E-state index contributed by atoms with van der Waals surface area (Å²) in [4.78, 5) is 21.7. The molecule has 1 amide bonds. The van der Waals surface area contributed by atoms with Gasteiger partial charge < -0.3 is 14.5 Å². The van der Waals surface area contributed by atoms with E-state index in [1.54, 1.807) is 22.5 Å². The van der Waals surface area contributed by atoms with Crippen LogP contribution in [0.2, 0.25) is 0 Å². The normalized spacial score (nSPS) is 19.6. The van der Waals surface area contributed by atoms with Crippen molar-refractivity contribution in [2.45, 2.75) is 25.4 Å². The summed E-state index contributed by atoms with van der Waals surface area (Å²) in [5, 5.41) is 10.9. The maximum atomic E-state index is 12.7. The molecule has 0 aromatic carbocycles. The minimum atomic E-state index is -0.0754. The van der Waals surface area contributed by atoms with Gasteiger partial charge in [-0.25, -0.2) is 4.98 Å². The van der Waals surface area contributed by atoms with E-state index in [4.69, 9.17) is 10.00 Å². The predicted octanol–water partition coefficient (Wildman–Crippen LogP) is 2.91. The van der Waals surface area contributed by atoms with E-state index in [1.165, 1.54) is 24.2 Å². The van der Waals surface area contributed by atoms with E-state index in [-0.39, 0.29) is 12.0 Å². The van der Waals surface area contributed by atoms with Crippen LogP contribution in [0.3, 0.4) is 0 Å². The van der Waals surface area contributed by atoms with Crippen LogP contribution in [-0.4, -0.2) is 48.1 Å². The quantitative estimate of drug-likeness (QED) is 0.830. The van der Waals surface area contributed by atoms with Gasteiger partial charge in [0.2, 0.25) is 0 Å². The number of nitrogens with zero attached hydrogens (tertiary/aromatic N) is 4. The number of hydrogen-bond acceptors (Lipinski definition) is 6. The fraction of sp³-hybridized carbons (Fsp3) is 0.421. The van der Waals surface area contributed by atoms with Crippen LogP contribution in [0.1, 0.15) is 34.5 Å². The molecule has 0 N–H and O–H groups in total. The monoisotopic (exact) mass is 368 g/mol. The maximum Gasteiger partial charge on any atom is 0.265 e. The molecule has 1 atom stereocenters. The number of likely N-dealkylation sites (tertiary alicyclic amines) is 1. The summed E-state index contributed by atoms with van der Waals surface area (Å²) in [7, 11) is 0. The van der Waals surface area contributed by atoms with E-state index in [9.17, 15) is 4.79 Å². The highest BCUT2D eigenvalue weighted by molar-refractivity contribution is 7.12. The summed E-state index contributed by atoms with van der Waals surface area (Å²) in [6, 6.07) is 7.63. The highest BCUT2D eigenvalue weighted by Gasteiger charge is 2.31. The molecule has 2 fully saturated rings. The first-order valence-electron chi connectivity index (χ1n) is 8.90. The van der Waals surface area contributed by atoms with Crippen molar-refractivity contribution >= 4 is 23.1 Å². The Morgan fingerprint density at radius 1 is 1.31 bits per heavy atom. The van der Waals surface area contributed by atoms with Crippen LogP contribution < -0.4 is 9.64 Å². The zero-order valence-corrected chi connectivity index (χ0v) is 15.2. The lowest BCUT2D eigenvalue weighted by Crippen LogP contribution is -2.31. The van der Waals surface area contributed by atoms with Gasteiger partial charge >= 0.3 is 0 Å². The van der Waals surface area contributed by atoms with Crippen molar-refractivity contribution in [1.82, 2.24) is 9.88 Å². The Kier molecular flexibility index (Phi) is 4.76. The van der Waals surface area contributed by atoms with Crippen molar-refractivity contribution in [3.05, 3.63) is 40.2 Å². The number of hydrogen-bond donors (Lipinski definition) is 0. The van der Waals surface area contributed by atoms with Crippen LogP contribution in [-0.2, 0) is 0 Å². The van der Waals surface area contributed by atoms with E-state index in [0.717, 1.165) is 31.1 Å². The molecule has 6 nitrogen and oxygen atoms in total. The van der Waals surface area contributed by atoms with Gasteiger partial charge in [0, 0.05) is 32.3 Å². The lowest BCUT2D eigenvalue weighted by atomic mass is 10.2. The molecule has 4 rings (SSSR count). The molecule has 2 aromatic rings. The molecule has 2 aliphatic rings. The molecule has 1 unspecified atom stereocenters. The Bertz CT molecular complexity index is 838. The number of nitriles is 1. The smallest absolute Gasteiger partial charge is 0.265 e. The number of carbonyl (C=O) groups excluding carboxylic acids is 1. The summed E-state index contributed by atoms with van der Waals surface area (Å²) in [6.07, 6.45) is 4.90. The molecule has 2 aromatic heterocycles. The topological polar surface area (TPSA) is 69.5 Å². The highest BCUT2D eigenvalue weighted by Crippen LogP contribution is 2.31. The van der Waals surface area contributed by atoms with E-state index in [2.05, 4.69) is 16.0 Å². The standard InChI is InChI=1S/C19H20N4O2S/c20-12-14-6-11-26-17(14)19(24)23-10-5-15(13-23)25-16-4-3-7-21-18(16)22-8-1-2-9-22/h3-4,6-7,11,15H,1-2,5,8-10,13H2. The third-order valence-corrected chi connectivity index (χ3v) is 5.76. The van der Waals surface area contributed by atoms with Crippen molar-refractivity contribution in [3.8, 4) is 11.8 Å². The fourth-order valence-electron chi connectivity index (χ4n) is 3.54. The number of ether oxygens (including phenoxy) is 1. The molecule has 4 heterocycles. The van der Waals surface area contributed by atoms with Gasteiger partial charge in [0.05, 0.1) is 12.1 Å². The van der Waals surface area contributed by atoms with Crippen LogP contribution in [0.4, 0.5) is 5.82 Å². The number of thiophene rings is 1. The first kappa shape index (κ1) is 16.9. The summed E-state index contributed by atoms with van der Waals surface area (Å²) >= 11 is 1.32. The molecule has 2 aliphatic heterocycles. The number of rotatable bonds is 4. The zero-order valence-electron chi connectivity index (χ0n) is 14.4. The Labute approximate surface area is 156 Å². The van der Waals surface area contributed by atoms with Crippen molar-refractivity contribution in [2.24, 2.45) is 0 Å². The van der Waals surface area contributed by atoms with E-state index in [0.29, 0.717) is 23.5 Å². The highest BCUT2D eigenvalue weighted by atomic mass is 32.1. The largest absolute Gasteiger partial charge is 0.485 e. The maximum absolute atomic E-state index is 12.7. The first-order valence-corrected chi connectivity index (χ1v) is 9.77. The van der Waals surface area contributed by atoms with Gasteiger partial charge in [0.1, 0.15) is 17.1 Å². The Hall–Kier alpha value is -2.59. The van der Waals surface area contributed by atoms with Crippen molar-refractivity contribution in [1.29, 1.82) is 5.26 Å². The molecule has 7 heteroatoms. The van der Waals surface area contributed by atoms with E-state index < -0.39 is 0 Å². The Balaban J connectivity index is 1.44. The summed E-state index contributed by atoms with van der Waals surface area (Å²) < 4.78 is 6.21. The second kappa shape index (κ2) is 7.34. The summed E-state index contributed by atoms with van der Waals surface area (Å²) in [5.41, 5.74) is 0.452.